The van der Waals surface area contributed by atoms with Gasteiger partial charge in [0, 0.05) is 13.2 Å². The molecule has 0 saturated carbocycles. The maximum atomic E-state index is 11.3. The molecular formula is C9H21NO3S. The maximum absolute atomic E-state index is 11.3. The van der Waals surface area contributed by atoms with Crippen LogP contribution in [0, 0.1) is 0 Å². The molecule has 4 nitrogen and oxygen atoms in total. The standard InChI is InChI=1S/C9H21NO3S/c1-3-9(10)5-4-7-14(11,12)8-6-13-2/h9H,3-8,10H2,1-2H3. The van der Waals surface area contributed by atoms with Crippen LogP contribution in [0.4, 0.5) is 0 Å². The molecule has 0 aromatic heterocycles. The maximum Gasteiger partial charge on any atom is 0.152 e. The van der Waals surface area contributed by atoms with Crippen LogP contribution in [0.5, 0.6) is 0 Å². The Morgan fingerprint density at radius 1 is 1.36 bits per heavy atom. The summed E-state index contributed by atoms with van der Waals surface area (Å²) in [6.45, 7) is 2.28. The minimum atomic E-state index is -2.93. The van der Waals surface area contributed by atoms with E-state index in [0.29, 0.717) is 6.42 Å². The zero-order chi connectivity index (χ0) is 11.0. The van der Waals surface area contributed by atoms with E-state index in [1.807, 2.05) is 6.92 Å². The fourth-order valence-corrected chi connectivity index (χ4v) is 2.31. The lowest BCUT2D eigenvalue weighted by Crippen LogP contribution is -2.21. The quantitative estimate of drug-likeness (QED) is 0.653. The zero-order valence-electron chi connectivity index (χ0n) is 9.03. The van der Waals surface area contributed by atoms with Crippen LogP contribution in [-0.2, 0) is 14.6 Å². The third kappa shape index (κ3) is 7.29. The van der Waals surface area contributed by atoms with Crippen LogP contribution < -0.4 is 5.73 Å². The van der Waals surface area contributed by atoms with Crippen molar-refractivity contribution in [2.45, 2.75) is 32.2 Å². The third-order valence-corrected chi connectivity index (χ3v) is 3.85. The molecule has 0 amide bonds. The number of nitrogens with two attached hydrogens (primary N) is 1. The molecule has 0 rings (SSSR count). The molecule has 0 aromatic carbocycles. The Balaban J connectivity index is 3.66. The van der Waals surface area contributed by atoms with Crippen molar-refractivity contribution >= 4 is 9.84 Å². The fraction of sp³-hybridized carbons (Fsp3) is 1.00. The van der Waals surface area contributed by atoms with Crippen molar-refractivity contribution in [2.75, 3.05) is 25.2 Å². The van der Waals surface area contributed by atoms with Gasteiger partial charge in [-0.05, 0) is 19.3 Å². The smallest absolute Gasteiger partial charge is 0.152 e. The van der Waals surface area contributed by atoms with E-state index in [1.165, 1.54) is 7.11 Å². The Morgan fingerprint density at radius 2 is 2.00 bits per heavy atom. The predicted molar refractivity (Wildman–Crippen MR) is 58.0 cm³/mol. The van der Waals surface area contributed by atoms with E-state index in [2.05, 4.69) is 0 Å². The normalized spacial score (nSPS) is 14.2. The first-order chi connectivity index (χ1) is 6.52. The molecule has 0 radical (unpaired) electrons. The second-order valence-electron chi connectivity index (χ2n) is 3.46. The largest absolute Gasteiger partial charge is 0.384 e. The molecule has 5 heteroatoms. The number of hydrogen-bond donors (Lipinski definition) is 1. The first-order valence-electron chi connectivity index (χ1n) is 4.96. The summed E-state index contributed by atoms with van der Waals surface area (Å²) in [4.78, 5) is 0. The molecule has 0 fully saturated rings. The molecular weight excluding hydrogens is 202 g/mol. The van der Waals surface area contributed by atoms with Gasteiger partial charge in [-0.2, -0.15) is 0 Å². The number of methoxy groups -OCH3 is 1. The number of sulfone groups is 1. The van der Waals surface area contributed by atoms with E-state index in [0.717, 1.165) is 12.8 Å². The van der Waals surface area contributed by atoms with Crippen LogP contribution in [0.25, 0.3) is 0 Å². The van der Waals surface area contributed by atoms with Crippen LogP contribution in [0.15, 0.2) is 0 Å². The molecule has 0 aliphatic heterocycles. The number of ether oxygens (including phenoxy) is 1. The van der Waals surface area contributed by atoms with Gasteiger partial charge in [-0.25, -0.2) is 8.42 Å². The molecule has 0 saturated heterocycles. The molecule has 0 spiro atoms. The average Bonchev–Trinajstić information content (AvgIpc) is 2.14. The van der Waals surface area contributed by atoms with E-state index in [4.69, 9.17) is 10.5 Å². The van der Waals surface area contributed by atoms with Gasteiger partial charge in [-0.3, -0.25) is 0 Å². The number of hydrogen-bond acceptors (Lipinski definition) is 4. The molecule has 0 aliphatic rings. The summed E-state index contributed by atoms with van der Waals surface area (Å²) in [7, 11) is -1.43. The highest BCUT2D eigenvalue weighted by molar-refractivity contribution is 7.91. The first kappa shape index (κ1) is 13.9. The van der Waals surface area contributed by atoms with Crippen molar-refractivity contribution in [3.05, 3.63) is 0 Å². The van der Waals surface area contributed by atoms with Crippen molar-refractivity contribution in [1.82, 2.24) is 0 Å². The minimum Gasteiger partial charge on any atom is -0.384 e. The van der Waals surface area contributed by atoms with Crippen LogP contribution in [-0.4, -0.2) is 39.7 Å². The predicted octanol–water partition coefficient (Wildman–Crippen LogP) is 0.565. The first-order valence-corrected chi connectivity index (χ1v) is 6.79. The van der Waals surface area contributed by atoms with Gasteiger partial charge in [-0.1, -0.05) is 6.92 Å². The Bertz CT molecular complexity index is 226. The number of rotatable bonds is 8. The third-order valence-electron chi connectivity index (χ3n) is 2.15. The monoisotopic (exact) mass is 223 g/mol. The van der Waals surface area contributed by atoms with Crippen molar-refractivity contribution in [2.24, 2.45) is 5.73 Å². The Labute approximate surface area is 86.7 Å². The van der Waals surface area contributed by atoms with E-state index in [-0.39, 0.29) is 24.2 Å². The fourth-order valence-electron chi connectivity index (χ4n) is 1.08. The van der Waals surface area contributed by atoms with Crippen molar-refractivity contribution < 1.29 is 13.2 Å². The van der Waals surface area contributed by atoms with Gasteiger partial charge >= 0.3 is 0 Å². The van der Waals surface area contributed by atoms with Crippen molar-refractivity contribution in [3.63, 3.8) is 0 Å². The summed E-state index contributed by atoms with van der Waals surface area (Å²) in [6.07, 6.45) is 2.34. The second kappa shape index (κ2) is 7.20. The second-order valence-corrected chi connectivity index (χ2v) is 5.76. The van der Waals surface area contributed by atoms with Gasteiger partial charge in [0.1, 0.15) is 0 Å². The van der Waals surface area contributed by atoms with Crippen molar-refractivity contribution in [3.8, 4) is 0 Å². The lowest BCUT2D eigenvalue weighted by atomic mass is 10.1. The van der Waals surface area contributed by atoms with Gasteiger partial charge in [0.25, 0.3) is 0 Å². The molecule has 0 aliphatic carbocycles. The molecule has 86 valence electrons. The average molecular weight is 223 g/mol. The van der Waals surface area contributed by atoms with E-state index < -0.39 is 9.84 Å². The van der Waals surface area contributed by atoms with Crippen molar-refractivity contribution in [1.29, 1.82) is 0 Å². The van der Waals surface area contributed by atoms with E-state index in [1.54, 1.807) is 0 Å². The highest BCUT2D eigenvalue weighted by Crippen LogP contribution is 2.02. The van der Waals surface area contributed by atoms with Gasteiger partial charge in [-0.15, -0.1) is 0 Å². The summed E-state index contributed by atoms with van der Waals surface area (Å²) in [5.74, 6) is 0.342. The summed E-state index contributed by atoms with van der Waals surface area (Å²) in [5.41, 5.74) is 5.68. The SMILES string of the molecule is CCC(N)CCCS(=O)(=O)CCOC. The highest BCUT2D eigenvalue weighted by Gasteiger charge is 2.10. The lowest BCUT2D eigenvalue weighted by molar-refractivity contribution is 0.217. The topological polar surface area (TPSA) is 69.4 Å². The highest BCUT2D eigenvalue weighted by atomic mass is 32.2. The molecule has 1 atom stereocenters. The summed E-state index contributed by atoms with van der Waals surface area (Å²) in [5, 5.41) is 0. The lowest BCUT2D eigenvalue weighted by Gasteiger charge is -2.08. The van der Waals surface area contributed by atoms with Crippen LogP contribution >= 0.6 is 0 Å². The van der Waals surface area contributed by atoms with E-state index in [9.17, 15) is 8.42 Å². The zero-order valence-corrected chi connectivity index (χ0v) is 9.85. The van der Waals surface area contributed by atoms with Crippen LogP contribution in [0.1, 0.15) is 26.2 Å². The molecule has 2 N–H and O–H groups in total. The van der Waals surface area contributed by atoms with Crippen LogP contribution in [0.2, 0.25) is 0 Å². The molecule has 0 aromatic rings. The molecule has 0 heterocycles. The minimum absolute atomic E-state index is 0.116. The Morgan fingerprint density at radius 3 is 2.50 bits per heavy atom. The van der Waals surface area contributed by atoms with Gasteiger partial charge in [0.15, 0.2) is 9.84 Å². The molecule has 0 bridgehead atoms. The Kier molecular flexibility index (Phi) is 7.13. The summed E-state index contributed by atoms with van der Waals surface area (Å²) < 4.78 is 27.4. The van der Waals surface area contributed by atoms with Gasteiger partial charge < -0.3 is 10.5 Å². The Hall–Kier alpha value is -0.130. The molecule has 14 heavy (non-hydrogen) atoms. The molecule has 1 unspecified atom stereocenters. The van der Waals surface area contributed by atoms with E-state index >= 15 is 0 Å². The summed E-state index contributed by atoms with van der Waals surface area (Å²) >= 11 is 0. The van der Waals surface area contributed by atoms with Gasteiger partial charge in [0.05, 0.1) is 18.1 Å². The van der Waals surface area contributed by atoms with Crippen LogP contribution in [0.3, 0.4) is 0 Å². The van der Waals surface area contributed by atoms with Gasteiger partial charge in [0.2, 0.25) is 0 Å². The summed E-state index contributed by atoms with van der Waals surface area (Å²) in [6, 6.07) is 0.132.